The number of hydrogen-bond donors (Lipinski definition) is 2. The Bertz CT molecular complexity index is 238. The summed E-state index contributed by atoms with van der Waals surface area (Å²) in [6.07, 6.45) is 1.53. The summed E-state index contributed by atoms with van der Waals surface area (Å²) in [6, 6.07) is 0. The predicted molar refractivity (Wildman–Crippen MR) is 77.0 cm³/mol. The number of nitrogens with one attached hydrogen (secondary N) is 1. The van der Waals surface area contributed by atoms with Crippen LogP contribution in [0.15, 0.2) is 0 Å². The average Bonchev–Trinajstić information content (AvgIpc) is 2.30. The van der Waals surface area contributed by atoms with Gasteiger partial charge in [0.15, 0.2) is 0 Å². The van der Waals surface area contributed by atoms with Crippen LogP contribution in [0.4, 0.5) is 0 Å². The van der Waals surface area contributed by atoms with Gasteiger partial charge in [-0.05, 0) is 39.0 Å². The number of carbonyl (C=O) groups excluding carboxylic acids is 1. The molecule has 2 unspecified atom stereocenters. The highest BCUT2D eigenvalue weighted by Crippen LogP contribution is 2.20. The van der Waals surface area contributed by atoms with Crippen LogP contribution in [0.1, 0.15) is 40.5 Å². The first-order chi connectivity index (χ1) is 8.50. The van der Waals surface area contributed by atoms with E-state index in [0.29, 0.717) is 11.9 Å². The van der Waals surface area contributed by atoms with Crippen molar-refractivity contribution in [3.8, 4) is 0 Å². The van der Waals surface area contributed by atoms with Gasteiger partial charge < -0.3 is 15.2 Å². The zero-order valence-corrected chi connectivity index (χ0v) is 12.8. The van der Waals surface area contributed by atoms with Crippen LogP contribution in [0, 0.1) is 0 Å². The van der Waals surface area contributed by atoms with Crippen LogP contribution in [0.25, 0.3) is 0 Å². The van der Waals surface area contributed by atoms with Gasteiger partial charge in [0, 0.05) is 11.9 Å². The van der Waals surface area contributed by atoms with E-state index in [1.54, 1.807) is 11.8 Å². The molecule has 4 nitrogen and oxygen atoms in total. The molecular weight excluding hydrogens is 250 g/mol. The van der Waals surface area contributed by atoms with Crippen LogP contribution in [0.5, 0.6) is 0 Å². The van der Waals surface area contributed by atoms with Crippen LogP contribution >= 0.6 is 11.8 Å². The Morgan fingerprint density at radius 1 is 1.50 bits per heavy atom. The van der Waals surface area contributed by atoms with E-state index in [-0.39, 0.29) is 12.6 Å². The molecule has 0 aromatic heterocycles. The van der Waals surface area contributed by atoms with Crippen molar-refractivity contribution in [1.82, 2.24) is 5.32 Å². The summed E-state index contributed by atoms with van der Waals surface area (Å²) in [5, 5.41) is 12.5. The molecule has 0 aromatic rings. The lowest BCUT2D eigenvalue weighted by atomic mass is 9.99. The molecule has 18 heavy (non-hydrogen) atoms. The van der Waals surface area contributed by atoms with E-state index in [1.807, 2.05) is 20.8 Å². The number of carbonyl (C=O) groups is 1. The molecule has 5 heteroatoms. The van der Waals surface area contributed by atoms with Crippen molar-refractivity contribution in [3.05, 3.63) is 0 Å². The predicted octanol–water partition coefficient (Wildman–Crippen LogP) is 1.81. The lowest BCUT2D eigenvalue weighted by molar-refractivity contribution is -0.150. The number of thioether (sulfide) groups is 1. The van der Waals surface area contributed by atoms with E-state index < -0.39 is 5.54 Å². The molecule has 108 valence electrons. The second kappa shape index (κ2) is 9.64. The molecule has 0 aromatic carbocycles. The Labute approximate surface area is 115 Å². The number of aliphatic hydroxyl groups excluding tert-OH is 1. The van der Waals surface area contributed by atoms with Crippen molar-refractivity contribution >= 4 is 17.7 Å². The molecule has 0 aliphatic rings. The standard InChI is InChI=1S/C13H27NO3S/c1-5-14-13(4,12(16)17-6-2)8-10-18-11(3)7-9-15/h11,14-15H,5-10H2,1-4H3. The van der Waals surface area contributed by atoms with Gasteiger partial charge in [-0.25, -0.2) is 0 Å². The maximum atomic E-state index is 11.9. The first-order valence-electron chi connectivity index (χ1n) is 6.64. The van der Waals surface area contributed by atoms with Gasteiger partial charge in [0.1, 0.15) is 5.54 Å². The summed E-state index contributed by atoms with van der Waals surface area (Å²) in [6.45, 7) is 9.17. The number of rotatable bonds is 10. The van der Waals surface area contributed by atoms with Gasteiger partial charge in [0.05, 0.1) is 6.61 Å². The molecule has 0 saturated carbocycles. The fourth-order valence-corrected chi connectivity index (χ4v) is 2.87. The van der Waals surface area contributed by atoms with E-state index in [4.69, 9.17) is 9.84 Å². The number of ether oxygens (including phenoxy) is 1. The molecule has 0 rings (SSSR count). The molecule has 0 fully saturated rings. The summed E-state index contributed by atoms with van der Waals surface area (Å²) in [7, 11) is 0. The Balaban J connectivity index is 4.21. The Morgan fingerprint density at radius 2 is 2.17 bits per heavy atom. The van der Waals surface area contributed by atoms with Crippen molar-refractivity contribution in [3.63, 3.8) is 0 Å². The highest BCUT2D eigenvalue weighted by Gasteiger charge is 2.33. The number of likely N-dealkylation sites (N-methyl/N-ethyl adjacent to an activating group) is 1. The van der Waals surface area contributed by atoms with Gasteiger partial charge in [-0.3, -0.25) is 4.79 Å². The quantitative estimate of drug-likeness (QED) is 0.596. The van der Waals surface area contributed by atoms with Gasteiger partial charge in [0.2, 0.25) is 0 Å². The van der Waals surface area contributed by atoms with E-state index in [9.17, 15) is 4.79 Å². The SMILES string of the molecule is CCNC(C)(CCSC(C)CCO)C(=O)OCC. The minimum atomic E-state index is -0.601. The largest absolute Gasteiger partial charge is 0.465 e. The molecule has 0 spiro atoms. The van der Waals surface area contributed by atoms with E-state index in [0.717, 1.165) is 25.1 Å². The molecular formula is C13H27NO3S. The summed E-state index contributed by atoms with van der Waals surface area (Å²) < 4.78 is 5.11. The zero-order valence-electron chi connectivity index (χ0n) is 12.0. The van der Waals surface area contributed by atoms with Gasteiger partial charge in [-0.2, -0.15) is 11.8 Å². The molecule has 0 bridgehead atoms. The van der Waals surface area contributed by atoms with Crippen LogP contribution in [-0.4, -0.2) is 47.4 Å². The highest BCUT2D eigenvalue weighted by atomic mass is 32.2. The highest BCUT2D eigenvalue weighted by molar-refractivity contribution is 7.99. The number of hydrogen-bond acceptors (Lipinski definition) is 5. The molecule has 0 aliphatic carbocycles. The monoisotopic (exact) mass is 277 g/mol. The summed E-state index contributed by atoms with van der Waals surface area (Å²) >= 11 is 1.78. The topological polar surface area (TPSA) is 58.6 Å². The van der Waals surface area contributed by atoms with Crippen molar-refractivity contribution in [1.29, 1.82) is 0 Å². The van der Waals surface area contributed by atoms with Crippen LogP contribution in [0.2, 0.25) is 0 Å². The third kappa shape index (κ3) is 6.61. The average molecular weight is 277 g/mol. The smallest absolute Gasteiger partial charge is 0.326 e. The Morgan fingerprint density at radius 3 is 2.67 bits per heavy atom. The van der Waals surface area contributed by atoms with Gasteiger partial charge in [-0.1, -0.05) is 13.8 Å². The van der Waals surface area contributed by atoms with Crippen LogP contribution < -0.4 is 5.32 Å². The minimum Gasteiger partial charge on any atom is -0.465 e. The van der Waals surface area contributed by atoms with Crippen molar-refractivity contribution in [2.24, 2.45) is 0 Å². The van der Waals surface area contributed by atoms with Crippen molar-refractivity contribution in [2.45, 2.75) is 51.3 Å². The summed E-state index contributed by atoms with van der Waals surface area (Å²) in [5.74, 6) is 0.700. The van der Waals surface area contributed by atoms with E-state index in [2.05, 4.69) is 12.2 Å². The maximum Gasteiger partial charge on any atom is 0.326 e. The molecule has 0 aliphatic heterocycles. The lowest BCUT2D eigenvalue weighted by Crippen LogP contribution is -2.50. The molecule has 0 amide bonds. The fourth-order valence-electron chi connectivity index (χ4n) is 1.67. The molecule has 0 heterocycles. The van der Waals surface area contributed by atoms with Crippen LogP contribution in [0.3, 0.4) is 0 Å². The zero-order chi connectivity index (χ0) is 14.0. The lowest BCUT2D eigenvalue weighted by Gasteiger charge is -2.28. The van der Waals surface area contributed by atoms with Crippen LogP contribution in [-0.2, 0) is 9.53 Å². The van der Waals surface area contributed by atoms with E-state index in [1.165, 1.54) is 0 Å². The molecule has 2 N–H and O–H groups in total. The molecule has 2 atom stereocenters. The first-order valence-corrected chi connectivity index (χ1v) is 7.69. The third-order valence-corrected chi connectivity index (χ3v) is 4.08. The first kappa shape index (κ1) is 17.7. The summed E-state index contributed by atoms with van der Waals surface area (Å²) in [4.78, 5) is 11.9. The van der Waals surface area contributed by atoms with Crippen molar-refractivity contribution < 1.29 is 14.6 Å². The second-order valence-corrected chi connectivity index (χ2v) is 6.07. The van der Waals surface area contributed by atoms with Gasteiger partial charge in [0.25, 0.3) is 0 Å². The maximum absolute atomic E-state index is 11.9. The van der Waals surface area contributed by atoms with E-state index >= 15 is 0 Å². The summed E-state index contributed by atoms with van der Waals surface area (Å²) in [5.41, 5.74) is -0.601. The second-order valence-electron chi connectivity index (χ2n) is 4.53. The third-order valence-electron chi connectivity index (χ3n) is 2.83. The normalized spacial score (nSPS) is 16.1. The van der Waals surface area contributed by atoms with Crippen molar-refractivity contribution in [2.75, 3.05) is 25.5 Å². The minimum absolute atomic E-state index is 0.178. The molecule has 0 saturated heterocycles. The number of aliphatic hydroxyl groups is 1. The molecule has 0 radical (unpaired) electrons. The number of esters is 1. The van der Waals surface area contributed by atoms with Gasteiger partial charge >= 0.3 is 5.97 Å². The fraction of sp³-hybridized carbons (Fsp3) is 0.923. The van der Waals surface area contributed by atoms with Gasteiger partial charge in [-0.15, -0.1) is 0 Å². The Hall–Kier alpha value is -0.260. The Kier molecular flexibility index (Phi) is 9.50.